The fourth-order valence-corrected chi connectivity index (χ4v) is 2.67. The van der Waals surface area contributed by atoms with Crippen molar-refractivity contribution < 1.29 is 5.11 Å². The SMILES string of the molecule is CCCN(CCO)c1nc(NC)nc2sccc12. The second kappa shape index (κ2) is 5.97. The van der Waals surface area contributed by atoms with Gasteiger partial charge in [0, 0.05) is 20.1 Å². The van der Waals surface area contributed by atoms with E-state index < -0.39 is 0 Å². The molecule has 0 saturated carbocycles. The number of hydrogen-bond donors (Lipinski definition) is 2. The van der Waals surface area contributed by atoms with Crippen molar-refractivity contribution in [3.05, 3.63) is 11.4 Å². The summed E-state index contributed by atoms with van der Waals surface area (Å²) in [7, 11) is 1.81. The molecule has 0 atom stereocenters. The van der Waals surface area contributed by atoms with Gasteiger partial charge in [0.15, 0.2) is 0 Å². The molecule has 6 heteroatoms. The van der Waals surface area contributed by atoms with Gasteiger partial charge in [0.2, 0.25) is 5.95 Å². The Balaban J connectivity index is 2.48. The van der Waals surface area contributed by atoms with E-state index in [9.17, 15) is 5.11 Å². The molecule has 0 aliphatic carbocycles. The number of anilines is 2. The molecule has 98 valence electrons. The molecular weight excluding hydrogens is 248 g/mol. The van der Waals surface area contributed by atoms with Crippen molar-refractivity contribution in [2.24, 2.45) is 0 Å². The molecule has 0 aliphatic heterocycles. The first-order valence-electron chi connectivity index (χ1n) is 6.09. The molecule has 0 aliphatic rings. The minimum atomic E-state index is 0.129. The number of aromatic nitrogens is 2. The van der Waals surface area contributed by atoms with Crippen LogP contribution in [-0.4, -0.2) is 41.8 Å². The van der Waals surface area contributed by atoms with Gasteiger partial charge >= 0.3 is 0 Å². The predicted octanol–water partition coefficient (Wildman–Crippen LogP) is 1.94. The van der Waals surface area contributed by atoms with Gasteiger partial charge in [-0.05, 0) is 17.9 Å². The molecular formula is C12H18N4OS. The van der Waals surface area contributed by atoms with Crippen LogP contribution in [0.15, 0.2) is 11.4 Å². The summed E-state index contributed by atoms with van der Waals surface area (Å²) in [6.07, 6.45) is 1.02. The molecule has 0 radical (unpaired) electrons. The summed E-state index contributed by atoms with van der Waals surface area (Å²) < 4.78 is 0. The molecule has 18 heavy (non-hydrogen) atoms. The number of rotatable bonds is 6. The third-order valence-electron chi connectivity index (χ3n) is 2.69. The van der Waals surface area contributed by atoms with E-state index in [2.05, 4.69) is 27.1 Å². The molecule has 5 nitrogen and oxygen atoms in total. The summed E-state index contributed by atoms with van der Waals surface area (Å²) >= 11 is 1.60. The van der Waals surface area contributed by atoms with Crippen molar-refractivity contribution >= 4 is 33.3 Å². The fourth-order valence-electron chi connectivity index (χ4n) is 1.91. The molecule has 0 spiro atoms. The van der Waals surface area contributed by atoms with Crippen LogP contribution in [0, 0.1) is 0 Å². The van der Waals surface area contributed by atoms with Crippen molar-refractivity contribution in [1.82, 2.24) is 9.97 Å². The lowest BCUT2D eigenvalue weighted by atomic mass is 10.3. The van der Waals surface area contributed by atoms with Crippen LogP contribution >= 0.6 is 11.3 Å². The van der Waals surface area contributed by atoms with Crippen LogP contribution in [0.3, 0.4) is 0 Å². The second-order valence-corrected chi connectivity index (χ2v) is 4.87. The van der Waals surface area contributed by atoms with Crippen molar-refractivity contribution in [3.8, 4) is 0 Å². The molecule has 0 fully saturated rings. The summed E-state index contributed by atoms with van der Waals surface area (Å²) in [5, 5.41) is 15.2. The molecule has 2 N–H and O–H groups in total. The fraction of sp³-hybridized carbons (Fsp3) is 0.500. The smallest absolute Gasteiger partial charge is 0.225 e. The van der Waals surface area contributed by atoms with Gasteiger partial charge in [-0.2, -0.15) is 4.98 Å². The highest BCUT2D eigenvalue weighted by Crippen LogP contribution is 2.29. The highest BCUT2D eigenvalue weighted by Gasteiger charge is 2.14. The van der Waals surface area contributed by atoms with Crippen molar-refractivity contribution in [3.63, 3.8) is 0 Å². The maximum absolute atomic E-state index is 9.18. The first-order valence-corrected chi connectivity index (χ1v) is 6.97. The van der Waals surface area contributed by atoms with Gasteiger partial charge in [-0.1, -0.05) is 6.92 Å². The third kappa shape index (κ3) is 2.54. The number of nitrogens with one attached hydrogen (secondary N) is 1. The van der Waals surface area contributed by atoms with Gasteiger partial charge in [0.05, 0.1) is 12.0 Å². The standard InChI is InChI=1S/C12H18N4OS/c1-3-5-16(6-7-17)10-9-4-8-18-11(9)15-12(13-2)14-10/h4,8,17H,3,5-7H2,1-2H3,(H,13,14,15). The Morgan fingerprint density at radius 3 is 2.89 bits per heavy atom. The van der Waals surface area contributed by atoms with E-state index in [1.54, 1.807) is 11.3 Å². The highest BCUT2D eigenvalue weighted by molar-refractivity contribution is 7.16. The molecule has 2 aromatic rings. The minimum Gasteiger partial charge on any atom is -0.395 e. The number of nitrogens with zero attached hydrogens (tertiary/aromatic N) is 3. The lowest BCUT2D eigenvalue weighted by molar-refractivity contribution is 0.301. The Kier molecular flexibility index (Phi) is 4.33. The molecule has 2 rings (SSSR count). The van der Waals surface area contributed by atoms with Crippen LogP contribution in [0.2, 0.25) is 0 Å². The Morgan fingerprint density at radius 2 is 2.22 bits per heavy atom. The lowest BCUT2D eigenvalue weighted by Crippen LogP contribution is -2.28. The molecule has 0 bridgehead atoms. The summed E-state index contributed by atoms with van der Waals surface area (Å²) in [6.45, 7) is 3.73. The van der Waals surface area contributed by atoms with Crippen molar-refractivity contribution in [2.45, 2.75) is 13.3 Å². The number of fused-ring (bicyclic) bond motifs is 1. The third-order valence-corrected chi connectivity index (χ3v) is 3.50. The molecule has 0 unspecified atom stereocenters. The Hall–Kier alpha value is -1.40. The highest BCUT2D eigenvalue weighted by atomic mass is 32.1. The Morgan fingerprint density at radius 1 is 1.39 bits per heavy atom. The maximum Gasteiger partial charge on any atom is 0.225 e. The average molecular weight is 266 g/mol. The normalized spacial score (nSPS) is 10.8. The monoisotopic (exact) mass is 266 g/mol. The topological polar surface area (TPSA) is 61.3 Å². The van der Waals surface area contributed by atoms with E-state index in [0.29, 0.717) is 12.5 Å². The zero-order chi connectivity index (χ0) is 13.0. The van der Waals surface area contributed by atoms with Crippen LogP contribution < -0.4 is 10.2 Å². The van der Waals surface area contributed by atoms with Gasteiger partial charge in [-0.3, -0.25) is 0 Å². The van der Waals surface area contributed by atoms with E-state index in [1.807, 2.05) is 18.5 Å². The van der Waals surface area contributed by atoms with Crippen LogP contribution in [0.1, 0.15) is 13.3 Å². The van der Waals surface area contributed by atoms with E-state index in [0.717, 1.165) is 29.0 Å². The van der Waals surface area contributed by atoms with Crippen LogP contribution in [0.5, 0.6) is 0 Å². The summed E-state index contributed by atoms with van der Waals surface area (Å²) in [5.41, 5.74) is 0. The quantitative estimate of drug-likeness (QED) is 0.836. The number of aliphatic hydroxyl groups is 1. The number of hydrogen-bond acceptors (Lipinski definition) is 6. The van der Waals surface area contributed by atoms with Crippen LogP contribution in [0.25, 0.3) is 10.2 Å². The summed E-state index contributed by atoms with van der Waals surface area (Å²) in [6, 6.07) is 2.04. The minimum absolute atomic E-state index is 0.129. The van der Waals surface area contributed by atoms with E-state index in [4.69, 9.17) is 0 Å². The van der Waals surface area contributed by atoms with Crippen LogP contribution in [-0.2, 0) is 0 Å². The second-order valence-electron chi connectivity index (χ2n) is 3.97. The zero-order valence-electron chi connectivity index (χ0n) is 10.7. The van der Waals surface area contributed by atoms with E-state index in [1.165, 1.54) is 0 Å². The maximum atomic E-state index is 9.18. The molecule has 0 saturated heterocycles. The van der Waals surface area contributed by atoms with Gasteiger partial charge < -0.3 is 15.3 Å². The first-order chi connectivity index (χ1) is 8.80. The predicted molar refractivity (Wildman–Crippen MR) is 76.6 cm³/mol. The largest absolute Gasteiger partial charge is 0.395 e. The van der Waals surface area contributed by atoms with Gasteiger partial charge in [-0.15, -0.1) is 11.3 Å². The average Bonchev–Trinajstić information content (AvgIpc) is 2.85. The lowest BCUT2D eigenvalue weighted by Gasteiger charge is -2.23. The number of aliphatic hydroxyl groups excluding tert-OH is 1. The summed E-state index contributed by atoms with van der Waals surface area (Å²) in [4.78, 5) is 12.0. The van der Waals surface area contributed by atoms with Gasteiger partial charge in [0.1, 0.15) is 10.6 Å². The Labute approximate surface area is 110 Å². The first kappa shape index (κ1) is 13.0. The van der Waals surface area contributed by atoms with Crippen molar-refractivity contribution in [2.75, 3.05) is 37.0 Å². The molecule has 0 amide bonds. The van der Waals surface area contributed by atoms with Crippen LogP contribution in [0.4, 0.5) is 11.8 Å². The van der Waals surface area contributed by atoms with Gasteiger partial charge in [0.25, 0.3) is 0 Å². The van der Waals surface area contributed by atoms with E-state index in [-0.39, 0.29) is 6.61 Å². The molecule has 2 aromatic heterocycles. The van der Waals surface area contributed by atoms with Crippen molar-refractivity contribution in [1.29, 1.82) is 0 Å². The Bertz CT molecular complexity index is 508. The van der Waals surface area contributed by atoms with E-state index >= 15 is 0 Å². The molecule has 2 heterocycles. The number of thiophene rings is 1. The molecule has 0 aromatic carbocycles. The summed E-state index contributed by atoms with van der Waals surface area (Å²) in [5.74, 6) is 1.53. The van der Waals surface area contributed by atoms with Gasteiger partial charge in [-0.25, -0.2) is 4.98 Å². The zero-order valence-corrected chi connectivity index (χ0v) is 11.5.